The number of carbonyl (C=O) groups excluding carboxylic acids is 1. The number of amidine groups is 1. The first-order valence-corrected chi connectivity index (χ1v) is 12.6. The number of hydrogen-bond acceptors (Lipinski definition) is 6. The van der Waals surface area contributed by atoms with Crippen LogP contribution in [0.1, 0.15) is 53.5 Å². The second-order valence-electron chi connectivity index (χ2n) is 8.89. The predicted molar refractivity (Wildman–Crippen MR) is 125 cm³/mol. The topological polar surface area (TPSA) is 97.3 Å². The van der Waals surface area contributed by atoms with Crippen LogP contribution in [-0.2, 0) is 19.5 Å². The van der Waals surface area contributed by atoms with Crippen molar-refractivity contribution in [1.82, 2.24) is 9.62 Å². The predicted octanol–water partition coefficient (Wildman–Crippen LogP) is 3.18. The number of carbonyl (C=O) groups is 1. The molecule has 2 aromatic rings. The highest BCUT2D eigenvalue weighted by Gasteiger charge is 2.48. The average Bonchev–Trinajstić information content (AvgIpc) is 2.78. The van der Waals surface area contributed by atoms with Crippen molar-refractivity contribution in [3.8, 4) is 0 Å². The van der Waals surface area contributed by atoms with Gasteiger partial charge in [-0.15, -0.1) is 0 Å². The quantitative estimate of drug-likeness (QED) is 0.712. The number of amides is 1. The number of halogens is 1. The molecule has 182 valence electrons. The third-order valence-electron chi connectivity index (χ3n) is 5.93. The molecule has 1 amide bonds. The van der Waals surface area contributed by atoms with E-state index in [2.05, 4.69) is 9.71 Å². The van der Waals surface area contributed by atoms with Crippen LogP contribution in [0.4, 0.5) is 4.39 Å². The van der Waals surface area contributed by atoms with Gasteiger partial charge >= 0.3 is 0 Å². The Kier molecular flexibility index (Phi) is 6.64. The molecule has 2 fully saturated rings. The standard InChI is InChI=1S/C24H28FN3O5S/c1-16(19-9-4-5-10-20(19)25)26-23-27-34(30,31)21(24(2,3)33-23)17-7-6-8-18(15-17)22(29)28-11-13-32-14-12-28/h4-10,15-16,21H,11-14H2,1-3H3,(H,26,27)/t16-,21?/m0/s1. The van der Waals surface area contributed by atoms with Gasteiger partial charge in [-0.2, -0.15) is 0 Å². The van der Waals surface area contributed by atoms with Crippen molar-refractivity contribution in [3.05, 3.63) is 71.0 Å². The maximum atomic E-state index is 14.1. The maximum absolute atomic E-state index is 14.1. The van der Waals surface area contributed by atoms with Gasteiger partial charge in [0.15, 0.2) is 0 Å². The molecular weight excluding hydrogens is 461 g/mol. The molecule has 1 N–H and O–H groups in total. The fourth-order valence-corrected chi connectivity index (χ4v) is 6.11. The van der Waals surface area contributed by atoms with Crippen molar-refractivity contribution in [2.75, 3.05) is 26.3 Å². The minimum absolute atomic E-state index is 0.175. The molecule has 2 saturated heterocycles. The van der Waals surface area contributed by atoms with Crippen molar-refractivity contribution >= 4 is 22.0 Å². The summed E-state index contributed by atoms with van der Waals surface area (Å²) in [7, 11) is -3.98. The van der Waals surface area contributed by atoms with Gasteiger partial charge in [-0.25, -0.2) is 22.5 Å². The molecule has 0 aliphatic carbocycles. The Morgan fingerprint density at radius 1 is 1.18 bits per heavy atom. The zero-order valence-corrected chi connectivity index (χ0v) is 20.1. The summed E-state index contributed by atoms with van der Waals surface area (Å²) in [6.07, 6.45) is 0. The molecule has 2 aliphatic heterocycles. The Bertz CT molecular complexity index is 1210. The van der Waals surface area contributed by atoms with Crippen LogP contribution < -0.4 is 4.72 Å². The lowest BCUT2D eigenvalue weighted by Crippen LogP contribution is -2.53. The van der Waals surface area contributed by atoms with E-state index in [1.807, 2.05) is 0 Å². The summed E-state index contributed by atoms with van der Waals surface area (Å²) in [6, 6.07) is 11.9. The van der Waals surface area contributed by atoms with Crippen LogP contribution in [-0.4, -0.2) is 57.2 Å². The first kappa shape index (κ1) is 24.2. The molecule has 0 bridgehead atoms. The number of sulfonamides is 1. The molecule has 4 rings (SSSR count). The summed E-state index contributed by atoms with van der Waals surface area (Å²) < 4.78 is 54.4. The van der Waals surface area contributed by atoms with E-state index in [0.717, 1.165) is 0 Å². The minimum Gasteiger partial charge on any atom is -0.457 e. The summed E-state index contributed by atoms with van der Waals surface area (Å²) >= 11 is 0. The van der Waals surface area contributed by atoms with E-state index in [4.69, 9.17) is 9.47 Å². The van der Waals surface area contributed by atoms with Crippen LogP contribution >= 0.6 is 0 Å². The Morgan fingerprint density at radius 2 is 1.88 bits per heavy atom. The van der Waals surface area contributed by atoms with Crippen molar-refractivity contribution in [2.45, 2.75) is 37.7 Å². The van der Waals surface area contributed by atoms with Gasteiger partial charge in [-0.1, -0.05) is 30.3 Å². The Labute approximate surface area is 198 Å². The lowest BCUT2D eigenvalue weighted by molar-refractivity contribution is 0.0302. The average molecular weight is 490 g/mol. The zero-order valence-electron chi connectivity index (χ0n) is 19.3. The van der Waals surface area contributed by atoms with E-state index in [-0.39, 0.29) is 11.9 Å². The highest BCUT2D eigenvalue weighted by Crippen LogP contribution is 2.39. The van der Waals surface area contributed by atoms with Crippen LogP contribution in [0.15, 0.2) is 53.5 Å². The fraction of sp³-hybridized carbons (Fsp3) is 0.417. The van der Waals surface area contributed by atoms with Crippen molar-refractivity contribution in [1.29, 1.82) is 0 Å². The Balaban J connectivity index is 1.61. The largest absolute Gasteiger partial charge is 0.457 e. The lowest BCUT2D eigenvalue weighted by Gasteiger charge is -2.39. The highest BCUT2D eigenvalue weighted by molar-refractivity contribution is 7.90. The van der Waals surface area contributed by atoms with Crippen molar-refractivity contribution < 1.29 is 27.1 Å². The number of morpholine rings is 1. The van der Waals surface area contributed by atoms with Crippen LogP contribution in [0.3, 0.4) is 0 Å². The highest BCUT2D eigenvalue weighted by atomic mass is 32.2. The summed E-state index contributed by atoms with van der Waals surface area (Å²) in [5, 5.41) is -1.10. The van der Waals surface area contributed by atoms with E-state index in [9.17, 15) is 17.6 Å². The van der Waals surface area contributed by atoms with Crippen molar-refractivity contribution in [2.24, 2.45) is 4.99 Å². The number of nitrogens with one attached hydrogen (secondary N) is 1. The van der Waals surface area contributed by atoms with E-state index in [0.29, 0.717) is 43.0 Å². The number of nitrogens with zero attached hydrogens (tertiary/aromatic N) is 2. The molecule has 2 aliphatic rings. The van der Waals surface area contributed by atoms with Crippen LogP contribution in [0.5, 0.6) is 0 Å². The Morgan fingerprint density at radius 3 is 2.56 bits per heavy atom. The molecule has 8 nitrogen and oxygen atoms in total. The normalized spacial score (nSPS) is 23.6. The number of hydrogen-bond donors (Lipinski definition) is 1. The van der Waals surface area contributed by atoms with Crippen LogP contribution in [0, 0.1) is 5.82 Å². The molecule has 34 heavy (non-hydrogen) atoms. The molecule has 0 aromatic heterocycles. The van der Waals surface area contributed by atoms with Gasteiger partial charge in [-0.3, -0.25) is 4.79 Å². The van der Waals surface area contributed by atoms with E-state index in [1.54, 1.807) is 68.1 Å². The molecular formula is C24H28FN3O5S. The second-order valence-corrected chi connectivity index (χ2v) is 10.7. The molecule has 1 unspecified atom stereocenters. The number of ether oxygens (including phenoxy) is 2. The van der Waals surface area contributed by atoms with Gasteiger partial charge in [-0.05, 0) is 44.5 Å². The molecule has 0 spiro atoms. The third kappa shape index (κ3) is 4.92. The summed E-state index contributed by atoms with van der Waals surface area (Å²) in [5.41, 5.74) is -0.0543. The molecule has 2 heterocycles. The SMILES string of the molecule is C[C@H](N=C1NS(=O)(=O)C(c2cccc(C(=O)N3CCOCC3)c2)C(C)(C)O1)c1ccccc1F. The number of aliphatic imine (C=N–C) groups is 1. The van der Waals surface area contributed by atoms with Gasteiger partial charge in [0.25, 0.3) is 11.9 Å². The van der Waals surface area contributed by atoms with Crippen LogP contribution in [0.25, 0.3) is 0 Å². The fourth-order valence-electron chi connectivity index (χ4n) is 4.35. The lowest BCUT2D eigenvalue weighted by atomic mass is 9.95. The molecule has 0 saturated carbocycles. The van der Waals surface area contributed by atoms with Gasteiger partial charge in [0, 0.05) is 24.2 Å². The van der Waals surface area contributed by atoms with Gasteiger partial charge < -0.3 is 14.4 Å². The van der Waals surface area contributed by atoms with Gasteiger partial charge in [0.2, 0.25) is 10.0 Å². The third-order valence-corrected chi connectivity index (χ3v) is 7.85. The summed E-state index contributed by atoms with van der Waals surface area (Å²) in [5.74, 6) is -0.608. The zero-order chi connectivity index (χ0) is 24.5. The van der Waals surface area contributed by atoms with Crippen LogP contribution in [0.2, 0.25) is 0 Å². The molecule has 2 aromatic carbocycles. The first-order chi connectivity index (χ1) is 16.1. The second kappa shape index (κ2) is 9.34. The van der Waals surface area contributed by atoms with Gasteiger partial charge in [0.05, 0.1) is 19.3 Å². The van der Waals surface area contributed by atoms with E-state index < -0.39 is 32.7 Å². The van der Waals surface area contributed by atoms with Gasteiger partial charge in [0.1, 0.15) is 16.7 Å². The number of rotatable bonds is 4. The molecule has 10 heteroatoms. The maximum Gasteiger partial charge on any atom is 0.299 e. The monoisotopic (exact) mass is 489 g/mol. The number of benzene rings is 2. The summed E-state index contributed by atoms with van der Waals surface area (Å²) in [4.78, 5) is 18.9. The minimum atomic E-state index is -3.98. The van der Waals surface area contributed by atoms with E-state index >= 15 is 0 Å². The summed E-state index contributed by atoms with van der Waals surface area (Å²) in [6.45, 7) is 6.87. The van der Waals surface area contributed by atoms with E-state index in [1.165, 1.54) is 6.07 Å². The first-order valence-electron chi connectivity index (χ1n) is 11.1. The Hall–Kier alpha value is -2.98. The molecule has 0 radical (unpaired) electrons. The molecule has 2 atom stereocenters. The smallest absolute Gasteiger partial charge is 0.299 e. The van der Waals surface area contributed by atoms with Crippen molar-refractivity contribution in [3.63, 3.8) is 0 Å².